The van der Waals surface area contributed by atoms with Gasteiger partial charge < -0.3 is 10.1 Å². The maximum atomic E-state index is 12.9. The fraction of sp³-hybridized carbons (Fsp3) is 0.160. The number of rotatable bonds is 5. The third-order valence-electron chi connectivity index (χ3n) is 5.55. The van der Waals surface area contributed by atoms with Crippen LogP contribution in [0.5, 0.6) is 11.6 Å². The van der Waals surface area contributed by atoms with Gasteiger partial charge in [-0.1, -0.05) is 6.07 Å². The second-order valence-corrected chi connectivity index (χ2v) is 7.95. The van der Waals surface area contributed by atoms with Crippen molar-refractivity contribution < 1.29 is 9.53 Å². The number of nitrogens with zero attached hydrogens (tertiary/aromatic N) is 6. The first-order chi connectivity index (χ1) is 16.4. The van der Waals surface area contributed by atoms with Crippen molar-refractivity contribution in [3.63, 3.8) is 0 Å². The molecule has 0 aliphatic rings. The predicted octanol–water partition coefficient (Wildman–Crippen LogP) is 4.59. The van der Waals surface area contributed by atoms with E-state index in [1.165, 1.54) is 0 Å². The fourth-order valence-corrected chi connectivity index (χ4v) is 3.74. The minimum atomic E-state index is -0.230. The number of carbonyl (C=O) groups excluding carboxylic acids is 1. The van der Waals surface area contributed by atoms with Gasteiger partial charge in [0, 0.05) is 23.6 Å². The topological polar surface area (TPSA) is 99.2 Å². The Morgan fingerprint density at radius 3 is 2.47 bits per heavy atom. The summed E-state index contributed by atoms with van der Waals surface area (Å²) in [5, 5.41) is 2.93. The maximum Gasteiger partial charge on any atom is 0.274 e. The summed E-state index contributed by atoms with van der Waals surface area (Å²) in [4.78, 5) is 30.6. The van der Waals surface area contributed by atoms with Crippen LogP contribution in [0.25, 0.3) is 11.5 Å². The van der Waals surface area contributed by atoms with E-state index in [4.69, 9.17) is 4.74 Å². The molecule has 0 aliphatic carbocycles. The number of pyridine rings is 1. The number of imidazole rings is 2. The van der Waals surface area contributed by atoms with Gasteiger partial charge in [0.05, 0.1) is 11.4 Å². The van der Waals surface area contributed by atoms with Crippen molar-refractivity contribution in [1.29, 1.82) is 0 Å². The fourth-order valence-electron chi connectivity index (χ4n) is 3.74. The summed E-state index contributed by atoms with van der Waals surface area (Å²) in [5.41, 5.74) is 4.49. The molecule has 0 saturated carbocycles. The van der Waals surface area contributed by atoms with Gasteiger partial charge in [0.15, 0.2) is 0 Å². The van der Waals surface area contributed by atoms with E-state index in [1.54, 1.807) is 41.1 Å². The van der Waals surface area contributed by atoms with Crippen molar-refractivity contribution in [2.24, 2.45) is 0 Å². The first-order valence-electron chi connectivity index (χ1n) is 10.8. The van der Waals surface area contributed by atoms with Crippen LogP contribution in [0.2, 0.25) is 0 Å². The van der Waals surface area contributed by atoms with Gasteiger partial charge in [0.25, 0.3) is 5.91 Å². The van der Waals surface area contributed by atoms with Crippen molar-refractivity contribution in [2.45, 2.75) is 27.7 Å². The van der Waals surface area contributed by atoms with Crippen LogP contribution in [-0.2, 0) is 0 Å². The second kappa shape index (κ2) is 8.43. The van der Waals surface area contributed by atoms with Crippen LogP contribution in [0.4, 0.5) is 5.69 Å². The Kier molecular flexibility index (Phi) is 5.29. The highest BCUT2D eigenvalue weighted by atomic mass is 16.5. The standard InChI is InChI=1S/C25H23N7O2/c1-15-17(3)32(14-26-15)22-13-23(29-18(4)28-22)34-20-10-8-19(9-11-20)30-25(33)24-16(2)27-21-7-5-6-12-31(21)24/h5-14H,1-4H3,(H,30,33). The van der Waals surface area contributed by atoms with Crippen molar-refractivity contribution in [3.8, 4) is 17.4 Å². The summed E-state index contributed by atoms with van der Waals surface area (Å²) < 4.78 is 9.64. The Bertz CT molecular complexity index is 1520. The number of fused-ring (bicyclic) bond motifs is 1. The first-order valence-corrected chi connectivity index (χ1v) is 10.8. The van der Waals surface area contributed by atoms with Gasteiger partial charge in [-0.15, -0.1) is 0 Å². The molecule has 9 nitrogen and oxygen atoms in total. The van der Waals surface area contributed by atoms with E-state index in [-0.39, 0.29) is 5.91 Å². The monoisotopic (exact) mass is 453 g/mol. The number of amides is 1. The summed E-state index contributed by atoms with van der Waals surface area (Å²) >= 11 is 0. The quantitative estimate of drug-likeness (QED) is 0.418. The SMILES string of the molecule is Cc1nc(Oc2ccc(NC(=O)c3c(C)nc4ccccn34)cc2)cc(-n2cnc(C)c2C)n1. The number of benzene rings is 1. The van der Waals surface area contributed by atoms with E-state index < -0.39 is 0 Å². The molecule has 34 heavy (non-hydrogen) atoms. The lowest BCUT2D eigenvalue weighted by molar-refractivity contribution is 0.102. The molecule has 5 rings (SSSR count). The summed E-state index contributed by atoms with van der Waals surface area (Å²) in [6.07, 6.45) is 3.56. The van der Waals surface area contributed by atoms with Crippen molar-refractivity contribution >= 4 is 17.2 Å². The molecule has 0 radical (unpaired) electrons. The molecule has 0 aliphatic heterocycles. The highest BCUT2D eigenvalue weighted by molar-refractivity contribution is 6.04. The summed E-state index contributed by atoms with van der Waals surface area (Å²) in [6, 6.07) is 14.5. The molecule has 0 fully saturated rings. The van der Waals surface area contributed by atoms with E-state index in [0.717, 1.165) is 17.0 Å². The Morgan fingerprint density at radius 2 is 1.74 bits per heavy atom. The van der Waals surface area contributed by atoms with E-state index in [1.807, 2.05) is 56.7 Å². The number of hydrogen-bond donors (Lipinski definition) is 1. The third-order valence-corrected chi connectivity index (χ3v) is 5.55. The van der Waals surface area contributed by atoms with E-state index in [2.05, 4.69) is 25.3 Å². The van der Waals surface area contributed by atoms with Gasteiger partial charge in [0.1, 0.15) is 35.1 Å². The van der Waals surface area contributed by atoms with Crippen molar-refractivity contribution in [1.82, 2.24) is 28.9 Å². The first kappa shape index (κ1) is 21.3. The lowest BCUT2D eigenvalue weighted by atomic mass is 10.2. The number of hydrogen-bond acceptors (Lipinski definition) is 6. The Balaban J connectivity index is 1.33. The van der Waals surface area contributed by atoms with Gasteiger partial charge >= 0.3 is 0 Å². The lowest BCUT2D eigenvalue weighted by Gasteiger charge is -2.10. The van der Waals surface area contributed by atoms with Crippen LogP contribution >= 0.6 is 0 Å². The van der Waals surface area contributed by atoms with Crippen LogP contribution in [-0.4, -0.2) is 34.8 Å². The number of carbonyl (C=O) groups is 1. The number of ether oxygens (including phenoxy) is 1. The van der Waals surface area contributed by atoms with E-state index in [0.29, 0.717) is 40.3 Å². The molecule has 1 N–H and O–H groups in total. The molecule has 5 aromatic rings. The Labute approximate surface area is 196 Å². The summed E-state index contributed by atoms with van der Waals surface area (Å²) in [6.45, 7) is 7.58. The molecule has 9 heteroatoms. The molecule has 4 heterocycles. The van der Waals surface area contributed by atoms with Gasteiger partial charge in [-0.2, -0.15) is 4.98 Å². The predicted molar refractivity (Wildman–Crippen MR) is 128 cm³/mol. The van der Waals surface area contributed by atoms with Crippen LogP contribution in [0, 0.1) is 27.7 Å². The number of aromatic nitrogens is 6. The molecule has 4 aromatic heterocycles. The van der Waals surface area contributed by atoms with Gasteiger partial charge in [-0.05, 0) is 64.1 Å². The van der Waals surface area contributed by atoms with Crippen molar-refractivity contribution in [2.75, 3.05) is 5.32 Å². The maximum absolute atomic E-state index is 12.9. The Hall–Kier alpha value is -4.53. The molecule has 0 saturated heterocycles. The minimum absolute atomic E-state index is 0.230. The molecule has 170 valence electrons. The van der Waals surface area contributed by atoms with E-state index in [9.17, 15) is 4.79 Å². The molecule has 0 unspecified atom stereocenters. The Morgan fingerprint density at radius 1 is 0.941 bits per heavy atom. The summed E-state index contributed by atoms with van der Waals surface area (Å²) in [7, 11) is 0. The van der Waals surface area contributed by atoms with Crippen molar-refractivity contribution in [3.05, 3.63) is 89.7 Å². The average molecular weight is 454 g/mol. The summed E-state index contributed by atoms with van der Waals surface area (Å²) in [5.74, 6) is 2.06. The highest BCUT2D eigenvalue weighted by Crippen LogP contribution is 2.24. The minimum Gasteiger partial charge on any atom is -0.439 e. The number of anilines is 1. The molecular weight excluding hydrogens is 430 g/mol. The zero-order valence-corrected chi connectivity index (χ0v) is 19.3. The third kappa shape index (κ3) is 3.99. The smallest absolute Gasteiger partial charge is 0.274 e. The molecular formula is C25H23N7O2. The van der Waals surface area contributed by atoms with Crippen LogP contribution < -0.4 is 10.1 Å². The molecule has 0 spiro atoms. The number of aryl methyl sites for hydroxylation is 3. The zero-order chi connectivity index (χ0) is 23.8. The van der Waals surface area contributed by atoms with Gasteiger partial charge in [-0.3, -0.25) is 13.8 Å². The lowest BCUT2D eigenvalue weighted by Crippen LogP contribution is -2.15. The largest absolute Gasteiger partial charge is 0.439 e. The molecule has 1 amide bonds. The van der Waals surface area contributed by atoms with Crippen LogP contribution in [0.3, 0.4) is 0 Å². The van der Waals surface area contributed by atoms with Gasteiger partial charge in [-0.25, -0.2) is 15.0 Å². The molecule has 0 atom stereocenters. The zero-order valence-electron chi connectivity index (χ0n) is 19.3. The normalized spacial score (nSPS) is 11.1. The van der Waals surface area contributed by atoms with Crippen LogP contribution in [0.15, 0.2) is 61.1 Å². The van der Waals surface area contributed by atoms with Crippen LogP contribution in [0.1, 0.15) is 33.4 Å². The highest BCUT2D eigenvalue weighted by Gasteiger charge is 2.16. The van der Waals surface area contributed by atoms with Gasteiger partial charge in [0.2, 0.25) is 5.88 Å². The number of nitrogens with one attached hydrogen (secondary N) is 1. The second-order valence-electron chi connectivity index (χ2n) is 7.95. The average Bonchev–Trinajstić information content (AvgIpc) is 3.32. The van der Waals surface area contributed by atoms with E-state index >= 15 is 0 Å². The molecule has 1 aromatic carbocycles. The molecule has 0 bridgehead atoms.